The first-order chi connectivity index (χ1) is 55.2. The summed E-state index contributed by atoms with van der Waals surface area (Å²) in [7, 11) is 1.81. The summed E-state index contributed by atoms with van der Waals surface area (Å²) < 4.78 is 21.5. The lowest BCUT2D eigenvalue weighted by Gasteiger charge is -2.28. The fraction of sp³-hybridized carbons (Fsp3) is 0.681. The molecule has 2 saturated heterocycles. The number of amides is 13. The zero-order valence-electron chi connectivity index (χ0n) is 66.8. The highest BCUT2D eigenvalue weighted by Gasteiger charge is 2.36. The van der Waals surface area contributed by atoms with E-state index in [2.05, 4.69) is 89.7 Å². The number of aliphatic carboxylic acids is 1. The fourth-order valence-electron chi connectivity index (χ4n) is 11.0. The lowest BCUT2D eigenvalue weighted by atomic mass is 9.94. The molecule has 2 fully saturated rings. The van der Waals surface area contributed by atoms with Gasteiger partial charge in [0.25, 0.3) is 0 Å². The van der Waals surface area contributed by atoms with Gasteiger partial charge in [0.1, 0.15) is 55.5 Å². The highest BCUT2D eigenvalue weighted by Crippen LogP contribution is 2.25. The predicted molar refractivity (Wildman–Crippen MR) is 435 cm³/mol. The van der Waals surface area contributed by atoms with Gasteiger partial charge in [0, 0.05) is 69.2 Å². The van der Waals surface area contributed by atoms with Gasteiger partial charge >= 0.3 is 5.97 Å². The zero-order valence-corrected chi connectivity index (χ0v) is 69.3. The molecule has 2 bridgehead atoms. The van der Waals surface area contributed by atoms with Crippen molar-refractivity contribution in [2.75, 3.05) is 128 Å². The molecular formula is C72H120N20O21S3. The van der Waals surface area contributed by atoms with Gasteiger partial charge in [-0.3, -0.25) is 72.1 Å². The molecule has 116 heavy (non-hydrogen) atoms. The highest BCUT2D eigenvalue weighted by molar-refractivity contribution is 8.76. The zero-order chi connectivity index (χ0) is 85.9. The third-order valence-corrected chi connectivity index (χ3v) is 21.6. The summed E-state index contributed by atoms with van der Waals surface area (Å²) in [5.41, 5.74) is 16.5. The fourth-order valence-corrected chi connectivity index (χ4v) is 14.1. The van der Waals surface area contributed by atoms with Crippen LogP contribution >= 0.6 is 33.3 Å². The Hall–Kier alpha value is -9.18. The van der Waals surface area contributed by atoms with E-state index in [-0.39, 0.29) is 171 Å². The number of unbranched alkanes of at least 4 members (excludes halogenated alkanes) is 1. The van der Waals surface area contributed by atoms with Crippen molar-refractivity contribution in [3.63, 3.8) is 0 Å². The molecule has 2 aliphatic rings. The van der Waals surface area contributed by atoms with Crippen LogP contribution in [0.2, 0.25) is 0 Å². The Bertz CT molecular complexity index is 3380. The number of nitrogens with zero attached hydrogens (tertiary/aromatic N) is 3. The molecule has 1 aromatic rings. The minimum absolute atomic E-state index is 0.00701. The molecule has 0 aromatic heterocycles. The van der Waals surface area contributed by atoms with Crippen molar-refractivity contribution in [1.82, 2.24) is 74.4 Å². The van der Waals surface area contributed by atoms with Gasteiger partial charge in [-0.05, 0) is 124 Å². The molecule has 13 amide bonds. The van der Waals surface area contributed by atoms with Gasteiger partial charge in [0.15, 0.2) is 5.96 Å². The Labute approximate surface area is 687 Å². The average Bonchev–Trinajstić information content (AvgIpc) is 0.972. The first-order valence-electron chi connectivity index (χ1n) is 38.3. The van der Waals surface area contributed by atoms with Gasteiger partial charge in [-0.15, -0.1) is 11.8 Å². The first-order valence-corrected chi connectivity index (χ1v) is 41.9. The van der Waals surface area contributed by atoms with Gasteiger partial charge in [-0.2, -0.15) is 0 Å². The van der Waals surface area contributed by atoms with E-state index in [4.69, 9.17) is 36.1 Å². The van der Waals surface area contributed by atoms with Crippen LogP contribution in [0.25, 0.3) is 0 Å². The SMILES string of the molecule is CC(=NO)C(C)(C)NCCC(CCNC(=O)CCCC(=O)NCCCC[C@@H]1NC(=O)CSC[C@@H](C(=O)NCCOCCOCCOCCNC(=O)COCC(N)=O)NC(=O)[C@H](Cc2ccccc2)NC(=O)[C@@H]2CSSC[C@H](NC1=O)C(=O)N[C@@H](CCCN=C(N)N)C(=O)NCC(=O)N[C@@H](CC(=O)O)C(=O)N2)CCNC(C)(C)C(C)=NO. The highest BCUT2D eigenvalue weighted by atomic mass is 33.1. The van der Waals surface area contributed by atoms with Crippen LogP contribution in [0.4, 0.5) is 0 Å². The molecule has 0 unspecified atom stereocenters. The Balaban J connectivity index is 1.91. The molecule has 41 nitrogen and oxygen atoms in total. The number of thioether (sulfide) groups is 1. The van der Waals surface area contributed by atoms with Crippen molar-refractivity contribution in [2.45, 2.75) is 178 Å². The molecule has 0 aliphatic carbocycles. The topological polar surface area (TPSA) is 620 Å². The van der Waals surface area contributed by atoms with Gasteiger partial charge in [-0.25, -0.2) is 0 Å². The quantitative estimate of drug-likeness (QED) is 0.00738. The molecule has 0 saturated carbocycles. The number of carbonyl (C=O) groups is 14. The van der Waals surface area contributed by atoms with Crippen LogP contribution in [-0.2, 0) is 92.5 Å². The normalized spacial score (nSPS) is 19.9. The van der Waals surface area contributed by atoms with E-state index < -0.39 is 150 Å². The van der Waals surface area contributed by atoms with E-state index in [0.717, 1.165) is 46.2 Å². The predicted octanol–water partition coefficient (Wildman–Crippen LogP) is -4.01. The van der Waals surface area contributed by atoms with E-state index >= 15 is 0 Å². The number of rotatable bonds is 47. The Morgan fingerprint density at radius 2 is 1.04 bits per heavy atom. The Morgan fingerprint density at radius 1 is 0.534 bits per heavy atom. The lowest BCUT2D eigenvalue weighted by Crippen LogP contribution is -2.60. The van der Waals surface area contributed by atoms with Crippen LogP contribution in [0.5, 0.6) is 0 Å². The number of benzene rings is 1. The molecule has 2 aliphatic heterocycles. The van der Waals surface area contributed by atoms with Crippen LogP contribution in [0.15, 0.2) is 45.6 Å². The molecule has 1 aromatic carbocycles. The first kappa shape index (κ1) is 101. The van der Waals surface area contributed by atoms with E-state index in [1.807, 2.05) is 27.7 Å². The molecule has 23 N–H and O–H groups in total. The summed E-state index contributed by atoms with van der Waals surface area (Å²) in [5, 5.41) is 73.8. The summed E-state index contributed by atoms with van der Waals surface area (Å²) in [5.74, 6) is -13.2. The molecule has 652 valence electrons. The van der Waals surface area contributed by atoms with Crippen molar-refractivity contribution < 1.29 is 102 Å². The van der Waals surface area contributed by atoms with Crippen molar-refractivity contribution >= 4 is 133 Å². The largest absolute Gasteiger partial charge is 0.481 e. The van der Waals surface area contributed by atoms with Crippen molar-refractivity contribution in [3.8, 4) is 0 Å². The third kappa shape index (κ3) is 44.2. The maximum absolute atomic E-state index is 14.7. The second-order valence-electron chi connectivity index (χ2n) is 28.3. The number of carbonyl (C=O) groups excluding carboxylic acids is 13. The molecule has 3 rings (SSSR count). The Morgan fingerprint density at radius 3 is 1.61 bits per heavy atom. The summed E-state index contributed by atoms with van der Waals surface area (Å²) in [6.07, 6.45) is 1.53. The van der Waals surface area contributed by atoms with E-state index in [9.17, 15) is 82.6 Å². The van der Waals surface area contributed by atoms with Gasteiger partial charge < -0.3 is 126 Å². The Kier molecular flexibility index (Phi) is 49.6. The molecule has 0 radical (unpaired) electrons. The number of primary amides is 1. The van der Waals surface area contributed by atoms with Crippen LogP contribution in [0, 0.1) is 5.92 Å². The molecule has 0 spiro atoms. The summed E-state index contributed by atoms with van der Waals surface area (Å²) >= 11 is 0.882. The number of carboxylic acids is 1. The molecule has 44 heteroatoms. The van der Waals surface area contributed by atoms with Crippen molar-refractivity contribution in [1.29, 1.82) is 0 Å². The maximum Gasteiger partial charge on any atom is 0.305 e. The number of oxime groups is 2. The number of hydrogen-bond donors (Lipinski definition) is 20. The monoisotopic (exact) mass is 1700 g/mol. The number of aliphatic imine (C=N–C) groups is 1. The maximum atomic E-state index is 14.7. The number of hydrogen-bond acceptors (Lipinski definition) is 28. The van der Waals surface area contributed by atoms with E-state index in [0.29, 0.717) is 43.0 Å². The number of ether oxygens (including phenoxy) is 4. The smallest absolute Gasteiger partial charge is 0.305 e. The van der Waals surface area contributed by atoms with Crippen molar-refractivity contribution in [2.24, 2.45) is 38.4 Å². The standard InChI is InChI=1S/C72H120N20O21S3/c1-45(91-108)71(3,4)82-26-21-47(22-27-83-72(5,6)46(2)92-109)20-25-77-58(95)19-12-18-57(94)76-23-11-10-16-50-65(103)89-54-42-115-116-43-55(90-67(105)52(37-62(99)100)85-59(96)38-81-63(101)49(86-68(54)106)17-13-24-80-70(74)75)69(107)87-51(36-48-14-8-7-9-15-48)66(104)88-53(41-114-44-61(98)84-50)64(102)79-29-31-111-33-35-112-34-32-110-30-28-78-60(97)40-113-39-56(73)93/h7-9,14-15,47,49-55,82-83,108-109H,10-13,16-44H2,1-6H3,(H2,73,93)(H,76,94)(H,77,95)(H,78,97)(H,79,102)(H,81,101)(H,84,98)(H,85,96)(H,86,106)(H,87,107)(H,88,104)(H,89,103)(H,90,105)(H,99,100)(H4,74,75,80)/t47?,49-,50-,51-,52-,53-,54-,55-/m0/s1. The lowest BCUT2D eigenvalue weighted by molar-refractivity contribution is -0.141. The minimum atomic E-state index is -1.85. The summed E-state index contributed by atoms with van der Waals surface area (Å²) in [6, 6.07) is -2.37. The second kappa shape index (κ2) is 57.0. The van der Waals surface area contributed by atoms with Gasteiger partial charge in [0.05, 0.1) is 80.9 Å². The number of nitrogens with two attached hydrogens (primary N) is 3. The van der Waals surface area contributed by atoms with E-state index in [1.165, 1.54) is 0 Å². The van der Waals surface area contributed by atoms with Crippen LogP contribution in [-0.4, -0.2) is 297 Å². The number of carboxylic acid groups (broad SMARTS) is 1. The molecule has 2 heterocycles. The number of nitrogens with one attached hydrogen (secondary N) is 14. The summed E-state index contributed by atoms with van der Waals surface area (Å²) in [6.45, 7) is 11.9. The van der Waals surface area contributed by atoms with E-state index in [1.54, 1.807) is 44.2 Å². The molecule has 7 atom stereocenters. The van der Waals surface area contributed by atoms with Crippen molar-refractivity contribution in [3.05, 3.63) is 35.9 Å². The number of fused-ring (bicyclic) bond motifs is 5. The van der Waals surface area contributed by atoms with Crippen LogP contribution in [0.1, 0.15) is 124 Å². The third-order valence-electron chi connectivity index (χ3n) is 18.2. The summed E-state index contributed by atoms with van der Waals surface area (Å²) in [4.78, 5) is 194. The average molecular weight is 1700 g/mol. The second-order valence-corrected chi connectivity index (χ2v) is 31.9. The molecular weight excluding hydrogens is 1580 g/mol. The van der Waals surface area contributed by atoms with Crippen LogP contribution < -0.4 is 91.6 Å². The number of guanidine groups is 1. The van der Waals surface area contributed by atoms with Gasteiger partial charge in [0.2, 0.25) is 76.8 Å². The van der Waals surface area contributed by atoms with Gasteiger partial charge in [-0.1, -0.05) is 62.2 Å². The van der Waals surface area contributed by atoms with Crippen LogP contribution in [0.3, 0.4) is 0 Å². The minimum Gasteiger partial charge on any atom is -0.481 e.